The molecule has 0 saturated heterocycles. The normalized spacial score (nSPS) is 16.4. The molecule has 5 aliphatic rings. The van der Waals surface area contributed by atoms with Crippen molar-refractivity contribution in [3.8, 4) is 34.5 Å². The highest BCUT2D eigenvalue weighted by Gasteiger charge is 2.48. The first kappa shape index (κ1) is 30.1. The van der Waals surface area contributed by atoms with Crippen LogP contribution >= 0.6 is 0 Å². The van der Waals surface area contributed by atoms with Crippen molar-refractivity contribution in [1.29, 1.82) is 0 Å². The molecule has 6 heteroatoms. The van der Waals surface area contributed by atoms with E-state index in [0.29, 0.717) is 0 Å². The number of rotatable bonds is 2. The fraction of sp³-hybridized carbons (Fsp3) is 0.125. The van der Waals surface area contributed by atoms with Crippen LogP contribution in [0.1, 0.15) is 49.9 Å². The summed E-state index contributed by atoms with van der Waals surface area (Å²) in [6, 6.07) is 50.1. The molecular formula is C48H35BN2O3. The van der Waals surface area contributed by atoms with Gasteiger partial charge in [-0.3, -0.25) is 0 Å². The highest BCUT2D eigenvalue weighted by molar-refractivity contribution is 6.99. The molecule has 5 nitrogen and oxygen atoms in total. The molecule has 5 heterocycles. The van der Waals surface area contributed by atoms with Crippen LogP contribution in [-0.2, 0) is 10.8 Å². The molecule has 0 N–H and O–H groups in total. The van der Waals surface area contributed by atoms with Gasteiger partial charge in [0.05, 0.1) is 28.4 Å². The zero-order chi connectivity index (χ0) is 36.1. The van der Waals surface area contributed by atoms with Crippen molar-refractivity contribution < 1.29 is 14.2 Å². The van der Waals surface area contributed by atoms with Crippen LogP contribution in [-0.4, -0.2) is 6.71 Å². The molecule has 7 aromatic rings. The minimum atomic E-state index is -0.289. The lowest BCUT2D eigenvalue weighted by molar-refractivity contribution is 0.443. The van der Waals surface area contributed by atoms with Crippen LogP contribution in [0.25, 0.3) is 0 Å². The Kier molecular flexibility index (Phi) is 5.67. The Morgan fingerprint density at radius 1 is 0.370 bits per heavy atom. The van der Waals surface area contributed by atoms with Gasteiger partial charge in [-0.1, -0.05) is 94.4 Å². The van der Waals surface area contributed by atoms with Crippen LogP contribution in [0.3, 0.4) is 0 Å². The van der Waals surface area contributed by atoms with E-state index in [9.17, 15) is 0 Å². The number of ether oxygens (including phenoxy) is 3. The van der Waals surface area contributed by atoms with Gasteiger partial charge < -0.3 is 24.0 Å². The van der Waals surface area contributed by atoms with Crippen molar-refractivity contribution >= 4 is 57.2 Å². The van der Waals surface area contributed by atoms with Crippen molar-refractivity contribution in [1.82, 2.24) is 0 Å². The molecule has 12 rings (SSSR count). The summed E-state index contributed by atoms with van der Waals surface area (Å²) in [7, 11) is 0. The number of para-hydroxylation sites is 3. The maximum atomic E-state index is 6.83. The molecule has 0 spiro atoms. The second kappa shape index (κ2) is 10.2. The smallest absolute Gasteiger partial charge is 0.270 e. The molecule has 54 heavy (non-hydrogen) atoms. The van der Waals surface area contributed by atoms with Gasteiger partial charge in [0, 0.05) is 45.0 Å². The first-order chi connectivity index (χ1) is 26.3. The standard InChI is InChI=1S/C48H35BN2O3/c1-47(2)30-16-8-10-18-34(30)50(28-14-6-5-7-15-28)36-26-33-37(27-32(36)47)51(35-19-11-9-17-31(35)48(33,3)4)29-24-42-46-43(25-29)54-41-23-13-21-39-45(41)49(46)44-38(52-39)20-12-22-40(44)53-42/h5-27H,1-4H3. The molecule has 0 unspecified atom stereocenters. The van der Waals surface area contributed by atoms with Gasteiger partial charge >= 0.3 is 0 Å². The summed E-state index contributed by atoms with van der Waals surface area (Å²) in [6.07, 6.45) is 0. The molecule has 0 amide bonds. The molecule has 0 atom stereocenters. The Morgan fingerprint density at radius 2 is 0.778 bits per heavy atom. The number of fused-ring (bicyclic) bond motifs is 4. The monoisotopic (exact) mass is 698 g/mol. The Balaban J connectivity index is 1.12. The van der Waals surface area contributed by atoms with Gasteiger partial charge in [0.2, 0.25) is 0 Å². The highest BCUT2D eigenvalue weighted by Crippen LogP contribution is 2.59. The molecule has 0 fully saturated rings. The first-order valence-corrected chi connectivity index (χ1v) is 18.8. The fourth-order valence-corrected chi connectivity index (χ4v) is 9.96. The van der Waals surface area contributed by atoms with Crippen molar-refractivity contribution in [3.05, 3.63) is 162 Å². The Bertz CT molecular complexity index is 2710. The van der Waals surface area contributed by atoms with Gasteiger partial charge in [0.25, 0.3) is 6.71 Å². The van der Waals surface area contributed by atoms with Crippen LogP contribution in [0.15, 0.2) is 140 Å². The van der Waals surface area contributed by atoms with E-state index in [1.165, 1.54) is 33.6 Å². The van der Waals surface area contributed by atoms with E-state index in [-0.39, 0.29) is 17.5 Å². The predicted molar refractivity (Wildman–Crippen MR) is 218 cm³/mol. The van der Waals surface area contributed by atoms with E-state index in [2.05, 4.69) is 153 Å². The minimum Gasteiger partial charge on any atom is -0.458 e. The number of nitrogens with zero attached hydrogens (tertiary/aromatic N) is 2. The highest BCUT2D eigenvalue weighted by atomic mass is 16.5. The van der Waals surface area contributed by atoms with Crippen molar-refractivity contribution in [3.63, 3.8) is 0 Å². The van der Waals surface area contributed by atoms with Crippen LogP contribution in [0.2, 0.25) is 0 Å². The summed E-state index contributed by atoms with van der Waals surface area (Å²) in [5, 5.41) is 0. The topological polar surface area (TPSA) is 34.2 Å². The third kappa shape index (κ3) is 3.75. The molecular weight excluding hydrogens is 663 g/mol. The first-order valence-electron chi connectivity index (χ1n) is 18.8. The Labute approximate surface area is 315 Å². The van der Waals surface area contributed by atoms with Crippen molar-refractivity contribution in [2.45, 2.75) is 38.5 Å². The zero-order valence-corrected chi connectivity index (χ0v) is 30.5. The van der Waals surface area contributed by atoms with E-state index in [1.54, 1.807) is 0 Å². The number of anilines is 6. The third-order valence-corrected chi connectivity index (χ3v) is 12.5. The number of hydrogen-bond acceptors (Lipinski definition) is 5. The SMILES string of the molecule is CC1(C)c2ccccc2N(c2ccccc2)c2cc3c(cc21)N(c1cc2c4c(c1)Oc1cccc5c1B4c1c(cccc1O2)O5)c1ccccc1C3(C)C. The van der Waals surface area contributed by atoms with Gasteiger partial charge in [-0.15, -0.1) is 0 Å². The molecule has 5 aliphatic heterocycles. The summed E-state index contributed by atoms with van der Waals surface area (Å²) >= 11 is 0. The summed E-state index contributed by atoms with van der Waals surface area (Å²) in [5.74, 6) is 4.95. The average Bonchev–Trinajstić information content (AvgIpc) is 3.18. The van der Waals surface area contributed by atoms with Crippen LogP contribution in [0.5, 0.6) is 34.5 Å². The lowest BCUT2D eigenvalue weighted by Gasteiger charge is -2.47. The second-order valence-corrected chi connectivity index (χ2v) is 16.1. The van der Waals surface area contributed by atoms with Crippen LogP contribution in [0, 0.1) is 0 Å². The van der Waals surface area contributed by atoms with Crippen LogP contribution in [0.4, 0.5) is 34.1 Å². The van der Waals surface area contributed by atoms with E-state index in [1.807, 2.05) is 24.3 Å². The summed E-state index contributed by atoms with van der Waals surface area (Å²) in [5.41, 5.74) is 14.6. The Morgan fingerprint density at radius 3 is 1.28 bits per heavy atom. The summed E-state index contributed by atoms with van der Waals surface area (Å²) < 4.78 is 20.1. The molecule has 0 bridgehead atoms. The zero-order valence-electron chi connectivity index (χ0n) is 30.5. The molecule has 0 saturated carbocycles. The summed E-state index contributed by atoms with van der Waals surface area (Å²) in [4.78, 5) is 4.89. The largest absolute Gasteiger partial charge is 0.458 e. The molecule has 0 aliphatic carbocycles. The predicted octanol–water partition coefficient (Wildman–Crippen LogP) is 10.7. The van der Waals surface area contributed by atoms with Gasteiger partial charge in [0.15, 0.2) is 0 Å². The van der Waals surface area contributed by atoms with E-state index in [4.69, 9.17) is 14.2 Å². The van der Waals surface area contributed by atoms with Crippen molar-refractivity contribution in [2.75, 3.05) is 9.80 Å². The quantitative estimate of drug-likeness (QED) is 0.168. The maximum Gasteiger partial charge on any atom is 0.270 e. The van der Waals surface area contributed by atoms with Crippen LogP contribution < -0.4 is 40.4 Å². The maximum absolute atomic E-state index is 6.83. The second-order valence-electron chi connectivity index (χ2n) is 16.1. The van der Waals surface area contributed by atoms with Gasteiger partial charge in [-0.25, -0.2) is 0 Å². The van der Waals surface area contributed by atoms with E-state index in [0.717, 1.165) is 73.6 Å². The fourth-order valence-electron chi connectivity index (χ4n) is 9.96. The lowest BCUT2D eigenvalue weighted by Crippen LogP contribution is -2.59. The van der Waals surface area contributed by atoms with E-state index < -0.39 is 0 Å². The number of benzene rings is 7. The molecule has 7 aromatic carbocycles. The molecule has 258 valence electrons. The van der Waals surface area contributed by atoms with Gasteiger partial charge in [-0.05, 0) is 82.9 Å². The van der Waals surface area contributed by atoms with Gasteiger partial charge in [0.1, 0.15) is 34.5 Å². The third-order valence-electron chi connectivity index (χ3n) is 12.5. The van der Waals surface area contributed by atoms with E-state index >= 15 is 0 Å². The molecule has 0 radical (unpaired) electrons. The number of hydrogen-bond donors (Lipinski definition) is 0. The lowest BCUT2D eigenvalue weighted by atomic mass is 9.34. The van der Waals surface area contributed by atoms with Gasteiger partial charge in [-0.2, -0.15) is 0 Å². The average molecular weight is 699 g/mol. The molecule has 0 aromatic heterocycles. The minimum absolute atomic E-state index is 0.0329. The Hall–Kier alpha value is -6.40. The van der Waals surface area contributed by atoms with Crippen molar-refractivity contribution in [2.24, 2.45) is 0 Å². The summed E-state index contributed by atoms with van der Waals surface area (Å²) in [6.45, 7) is 9.42.